The second-order valence-electron chi connectivity index (χ2n) is 7.81. The molecule has 0 aliphatic heterocycles. The van der Waals surface area contributed by atoms with E-state index >= 15 is 0 Å². The summed E-state index contributed by atoms with van der Waals surface area (Å²) in [5.74, 6) is -0.0822. The van der Waals surface area contributed by atoms with Gasteiger partial charge in [-0.2, -0.15) is 0 Å². The number of quaternary nitrogens is 1. The quantitative estimate of drug-likeness (QED) is 0.501. The van der Waals surface area contributed by atoms with Crippen LogP contribution in [0.15, 0.2) is 84.9 Å². The maximum Gasteiger partial charge on any atom is 0.275 e. The number of carbonyl (C=O) groups is 2. The fourth-order valence-electron chi connectivity index (χ4n) is 3.64. The number of likely N-dealkylation sites (N-methyl/N-ethyl adjacent to an activating group) is 1. The average Bonchev–Trinajstić information content (AvgIpc) is 2.79. The number of nitrogens with one attached hydrogen (secondary N) is 3. The minimum atomic E-state index is -0.100. The van der Waals surface area contributed by atoms with Gasteiger partial charge in [0.25, 0.3) is 11.8 Å². The normalized spacial score (nSPS) is 12.6. The lowest BCUT2D eigenvalue weighted by atomic mass is 9.99. The molecule has 0 aliphatic carbocycles. The van der Waals surface area contributed by atoms with Gasteiger partial charge in [0.2, 0.25) is 0 Å². The molecular formula is C26H30N3O2+. The van der Waals surface area contributed by atoms with E-state index in [1.54, 1.807) is 7.05 Å². The van der Waals surface area contributed by atoms with Gasteiger partial charge < -0.3 is 15.5 Å². The molecule has 2 atom stereocenters. The molecular weight excluding hydrogens is 386 g/mol. The Labute approximate surface area is 184 Å². The molecule has 0 heterocycles. The first-order valence-corrected chi connectivity index (χ1v) is 10.6. The van der Waals surface area contributed by atoms with Crippen LogP contribution < -0.4 is 15.5 Å². The molecule has 2 amide bonds. The summed E-state index contributed by atoms with van der Waals surface area (Å²) in [7, 11) is 3.62. The van der Waals surface area contributed by atoms with E-state index in [2.05, 4.69) is 34.9 Å². The van der Waals surface area contributed by atoms with Gasteiger partial charge in [0, 0.05) is 18.2 Å². The van der Waals surface area contributed by atoms with Crippen LogP contribution >= 0.6 is 0 Å². The Kier molecular flexibility index (Phi) is 7.96. The first-order valence-electron chi connectivity index (χ1n) is 10.6. The smallest absolute Gasteiger partial charge is 0.275 e. The minimum Gasteiger partial charge on any atom is -0.355 e. The summed E-state index contributed by atoms with van der Waals surface area (Å²) in [6.07, 6.45) is 0.747. The largest absolute Gasteiger partial charge is 0.355 e. The Bertz CT molecular complexity index is 973. The van der Waals surface area contributed by atoms with Gasteiger partial charge in [-0.05, 0) is 29.7 Å². The zero-order chi connectivity index (χ0) is 22.1. The van der Waals surface area contributed by atoms with E-state index in [9.17, 15) is 9.59 Å². The molecule has 5 heteroatoms. The molecule has 3 N–H and O–H groups in total. The van der Waals surface area contributed by atoms with Gasteiger partial charge >= 0.3 is 0 Å². The Morgan fingerprint density at radius 3 is 2.06 bits per heavy atom. The van der Waals surface area contributed by atoms with Crippen LogP contribution in [0.1, 0.15) is 33.1 Å². The van der Waals surface area contributed by atoms with Crippen molar-refractivity contribution in [2.45, 2.75) is 19.0 Å². The molecule has 0 radical (unpaired) electrons. The molecule has 0 aliphatic rings. The number of amides is 2. The third kappa shape index (κ3) is 6.79. The van der Waals surface area contributed by atoms with E-state index in [0.717, 1.165) is 22.4 Å². The number of hydrogen-bond acceptors (Lipinski definition) is 2. The fourth-order valence-corrected chi connectivity index (χ4v) is 3.64. The van der Waals surface area contributed by atoms with Crippen molar-refractivity contribution in [1.82, 2.24) is 10.6 Å². The fraction of sp³-hybridized carbons (Fsp3) is 0.231. The van der Waals surface area contributed by atoms with E-state index in [-0.39, 0.29) is 17.9 Å². The molecule has 3 rings (SSSR count). The minimum absolute atomic E-state index is 0.0178. The van der Waals surface area contributed by atoms with Crippen molar-refractivity contribution in [3.63, 3.8) is 0 Å². The second-order valence-corrected chi connectivity index (χ2v) is 7.81. The van der Waals surface area contributed by atoms with Gasteiger partial charge in [0.15, 0.2) is 6.54 Å². The first kappa shape index (κ1) is 22.2. The molecule has 0 spiro atoms. The highest BCUT2D eigenvalue weighted by Gasteiger charge is 2.18. The lowest BCUT2D eigenvalue weighted by Gasteiger charge is -2.21. The number of rotatable bonds is 9. The lowest BCUT2D eigenvalue weighted by Crippen LogP contribution is -3.08. The first-order chi connectivity index (χ1) is 15.0. The predicted octanol–water partition coefficient (Wildman–Crippen LogP) is 2.16. The third-order valence-electron chi connectivity index (χ3n) is 5.23. The Hall–Kier alpha value is -3.44. The molecule has 0 aromatic heterocycles. The topological polar surface area (TPSA) is 62.6 Å². The summed E-state index contributed by atoms with van der Waals surface area (Å²) in [6.45, 7) is 1.07. The maximum absolute atomic E-state index is 12.8. The summed E-state index contributed by atoms with van der Waals surface area (Å²) in [4.78, 5) is 25.6. The highest BCUT2D eigenvalue weighted by atomic mass is 16.2. The van der Waals surface area contributed by atoms with Gasteiger partial charge in [-0.25, -0.2) is 0 Å². The monoisotopic (exact) mass is 416 g/mol. The summed E-state index contributed by atoms with van der Waals surface area (Å²) in [6, 6.07) is 27.7. The van der Waals surface area contributed by atoms with Crippen molar-refractivity contribution >= 4 is 11.8 Å². The summed E-state index contributed by atoms with van der Waals surface area (Å²) >= 11 is 0. The van der Waals surface area contributed by atoms with Gasteiger partial charge in [0.05, 0.1) is 13.1 Å². The zero-order valence-electron chi connectivity index (χ0n) is 18.1. The van der Waals surface area contributed by atoms with E-state index in [4.69, 9.17) is 0 Å². The summed E-state index contributed by atoms with van der Waals surface area (Å²) < 4.78 is 0. The molecule has 0 fully saturated rings. The van der Waals surface area contributed by atoms with Crippen molar-refractivity contribution in [3.8, 4) is 0 Å². The van der Waals surface area contributed by atoms with Gasteiger partial charge in [0.1, 0.15) is 6.54 Å². The Balaban J connectivity index is 1.60. The molecule has 0 saturated carbocycles. The van der Waals surface area contributed by atoms with Crippen LogP contribution in [0.4, 0.5) is 0 Å². The van der Waals surface area contributed by atoms with E-state index < -0.39 is 0 Å². The Morgan fingerprint density at radius 2 is 1.45 bits per heavy atom. The Morgan fingerprint density at radius 1 is 0.839 bits per heavy atom. The van der Waals surface area contributed by atoms with Crippen molar-refractivity contribution in [2.24, 2.45) is 0 Å². The van der Waals surface area contributed by atoms with E-state index in [1.165, 1.54) is 5.56 Å². The molecule has 0 saturated heterocycles. The molecule has 0 bridgehead atoms. The van der Waals surface area contributed by atoms with Crippen molar-refractivity contribution in [3.05, 3.63) is 107 Å². The third-order valence-corrected chi connectivity index (χ3v) is 5.23. The number of carbonyl (C=O) groups excluding carboxylic acids is 2. The summed E-state index contributed by atoms with van der Waals surface area (Å²) in [5, 5.41) is 5.84. The SMILES string of the molecule is CNC(=O)c1ccc(C[NH+](C)CC(=O)N[C@@H](Cc2ccccc2)c2ccccc2)cc1. The van der Waals surface area contributed by atoms with Crippen molar-refractivity contribution in [1.29, 1.82) is 0 Å². The van der Waals surface area contributed by atoms with Crippen molar-refractivity contribution in [2.75, 3.05) is 20.6 Å². The van der Waals surface area contributed by atoms with Crippen LogP contribution in [-0.4, -0.2) is 32.5 Å². The second kappa shape index (κ2) is 11.1. The molecule has 31 heavy (non-hydrogen) atoms. The zero-order valence-corrected chi connectivity index (χ0v) is 18.1. The van der Waals surface area contributed by atoms with Crippen LogP contribution in [0.25, 0.3) is 0 Å². The molecule has 160 valence electrons. The highest BCUT2D eigenvalue weighted by Crippen LogP contribution is 2.18. The van der Waals surface area contributed by atoms with E-state index in [1.807, 2.05) is 67.7 Å². The predicted molar refractivity (Wildman–Crippen MR) is 123 cm³/mol. The lowest BCUT2D eigenvalue weighted by molar-refractivity contribution is -0.885. The van der Waals surface area contributed by atoms with Crippen LogP contribution in [0.2, 0.25) is 0 Å². The van der Waals surface area contributed by atoms with Crippen LogP contribution in [0, 0.1) is 0 Å². The van der Waals surface area contributed by atoms with Crippen molar-refractivity contribution < 1.29 is 14.5 Å². The van der Waals surface area contributed by atoms with Crippen LogP contribution in [0.3, 0.4) is 0 Å². The average molecular weight is 417 g/mol. The molecule has 5 nitrogen and oxygen atoms in total. The van der Waals surface area contributed by atoms with Gasteiger partial charge in [-0.15, -0.1) is 0 Å². The van der Waals surface area contributed by atoms with Gasteiger partial charge in [-0.3, -0.25) is 9.59 Å². The standard InChI is InChI=1S/C26H29N3O2/c1-27-26(31)23-15-13-21(14-16-23)18-29(2)19-25(30)28-24(22-11-7-4-8-12-22)17-20-9-5-3-6-10-20/h3-16,24H,17-19H2,1-2H3,(H,27,31)(H,28,30)/p+1/t24-/m0/s1. The molecule has 3 aromatic rings. The summed E-state index contributed by atoms with van der Waals surface area (Å²) in [5.41, 5.74) is 4.01. The van der Waals surface area contributed by atoms with E-state index in [0.29, 0.717) is 18.7 Å². The van der Waals surface area contributed by atoms with Crippen LogP contribution in [0.5, 0.6) is 0 Å². The van der Waals surface area contributed by atoms with Crippen LogP contribution in [-0.2, 0) is 17.8 Å². The number of hydrogen-bond donors (Lipinski definition) is 3. The maximum atomic E-state index is 12.8. The highest BCUT2D eigenvalue weighted by molar-refractivity contribution is 5.93. The molecule has 3 aromatic carbocycles. The number of benzene rings is 3. The molecule has 1 unspecified atom stereocenters. The van der Waals surface area contributed by atoms with Gasteiger partial charge in [-0.1, -0.05) is 72.8 Å².